The van der Waals surface area contributed by atoms with Crippen LogP contribution in [0.1, 0.15) is 36.8 Å². The summed E-state index contributed by atoms with van der Waals surface area (Å²) in [7, 11) is 2.03. The number of hydrogen-bond acceptors (Lipinski definition) is 3. The van der Waals surface area contributed by atoms with E-state index in [1.807, 2.05) is 49.8 Å². The lowest BCUT2D eigenvalue weighted by atomic mass is 10.0. The van der Waals surface area contributed by atoms with E-state index in [1.165, 1.54) is 6.42 Å². The van der Waals surface area contributed by atoms with Gasteiger partial charge in [0.15, 0.2) is 0 Å². The van der Waals surface area contributed by atoms with Crippen LogP contribution in [-0.4, -0.2) is 32.1 Å². The Labute approximate surface area is 126 Å². The van der Waals surface area contributed by atoms with Crippen LogP contribution in [0.15, 0.2) is 42.7 Å². The van der Waals surface area contributed by atoms with Gasteiger partial charge in [0.25, 0.3) is 0 Å². The fraction of sp³-hybridized carbons (Fsp3) is 0.471. The number of aliphatic hydroxyl groups is 1. The zero-order chi connectivity index (χ0) is 14.7. The van der Waals surface area contributed by atoms with E-state index in [4.69, 9.17) is 0 Å². The highest BCUT2D eigenvalue weighted by atomic mass is 16.3. The van der Waals surface area contributed by atoms with E-state index in [-0.39, 0.29) is 6.10 Å². The number of likely N-dealkylation sites (tertiary alicyclic amines) is 1. The van der Waals surface area contributed by atoms with Crippen molar-refractivity contribution in [3.05, 3.63) is 54.1 Å². The van der Waals surface area contributed by atoms with Crippen LogP contribution in [0.2, 0.25) is 0 Å². The first kappa shape index (κ1) is 14.3. The molecule has 0 bridgehead atoms. The third-order valence-electron chi connectivity index (χ3n) is 4.44. The number of benzene rings is 1. The molecule has 1 aromatic carbocycles. The summed E-state index contributed by atoms with van der Waals surface area (Å²) in [6.45, 7) is 1.97. The molecular formula is C17H23N3O. The molecule has 4 nitrogen and oxygen atoms in total. The summed E-state index contributed by atoms with van der Waals surface area (Å²) in [5.74, 6) is 1.09. The summed E-state index contributed by atoms with van der Waals surface area (Å²) in [4.78, 5) is 6.86. The molecule has 0 saturated carbocycles. The normalized spacial score (nSPS) is 20.8. The number of imidazole rings is 1. The second-order valence-corrected chi connectivity index (χ2v) is 5.88. The Kier molecular flexibility index (Phi) is 4.36. The highest BCUT2D eigenvalue weighted by Gasteiger charge is 2.27. The summed E-state index contributed by atoms with van der Waals surface area (Å²) >= 11 is 0. The standard InChI is InChI=1S/C17H23N3O/c1-19-11-9-18-17(19)13-20-10-5-8-15(20)12-16(21)14-6-3-2-4-7-14/h2-4,6-7,9,11,15-16,21H,5,8,10,12-13H2,1H3. The molecule has 1 aliphatic heterocycles. The summed E-state index contributed by atoms with van der Waals surface area (Å²) in [6, 6.07) is 10.4. The van der Waals surface area contributed by atoms with E-state index in [0.717, 1.165) is 37.3 Å². The van der Waals surface area contributed by atoms with Gasteiger partial charge in [0.1, 0.15) is 5.82 Å². The summed E-state index contributed by atoms with van der Waals surface area (Å²) in [5.41, 5.74) is 1.02. The van der Waals surface area contributed by atoms with Gasteiger partial charge in [-0.1, -0.05) is 30.3 Å². The maximum atomic E-state index is 10.4. The number of rotatable bonds is 5. The molecule has 2 atom stereocenters. The molecule has 0 aliphatic carbocycles. The van der Waals surface area contributed by atoms with Gasteiger partial charge in [-0.05, 0) is 31.4 Å². The van der Waals surface area contributed by atoms with Gasteiger partial charge in [-0.3, -0.25) is 4.90 Å². The highest BCUT2D eigenvalue weighted by molar-refractivity contribution is 5.17. The van der Waals surface area contributed by atoms with Crippen molar-refractivity contribution in [2.75, 3.05) is 6.54 Å². The van der Waals surface area contributed by atoms with E-state index in [0.29, 0.717) is 6.04 Å². The van der Waals surface area contributed by atoms with Crippen molar-refractivity contribution in [3.8, 4) is 0 Å². The van der Waals surface area contributed by atoms with E-state index in [1.54, 1.807) is 0 Å². The van der Waals surface area contributed by atoms with Crippen molar-refractivity contribution < 1.29 is 5.11 Å². The number of nitrogens with zero attached hydrogens (tertiary/aromatic N) is 3. The van der Waals surface area contributed by atoms with Gasteiger partial charge in [-0.15, -0.1) is 0 Å². The van der Waals surface area contributed by atoms with Crippen LogP contribution in [0.4, 0.5) is 0 Å². The zero-order valence-electron chi connectivity index (χ0n) is 12.5. The van der Waals surface area contributed by atoms with Crippen molar-refractivity contribution in [2.45, 2.75) is 38.0 Å². The Bertz CT molecular complexity index is 566. The second kappa shape index (κ2) is 6.41. The van der Waals surface area contributed by atoms with Gasteiger partial charge in [-0.25, -0.2) is 4.98 Å². The lowest BCUT2D eigenvalue weighted by Gasteiger charge is -2.26. The van der Waals surface area contributed by atoms with E-state index in [9.17, 15) is 5.11 Å². The SMILES string of the molecule is Cn1ccnc1CN1CCCC1CC(O)c1ccccc1. The molecule has 0 spiro atoms. The van der Waals surface area contributed by atoms with Crippen LogP contribution in [0.3, 0.4) is 0 Å². The topological polar surface area (TPSA) is 41.3 Å². The minimum atomic E-state index is -0.377. The molecule has 1 N–H and O–H groups in total. The first-order valence-corrected chi connectivity index (χ1v) is 7.67. The smallest absolute Gasteiger partial charge is 0.122 e. The predicted molar refractivity (Wildman–Crippen MR) is 82.7 cm³/mol. The minimum Gasteiger partial charge on any atom is -0.388 e. The van der Waals surface area contributed by atoms with Gasteiger partial charge in [0.05, 0.1) is 12.6 Å². The Hall–Kier alpha value is -1.65. The number of aromatic nitrogens is 2. The van der Waals surface area contributed by atoms with Crippen LogP contribution in [-0.2, 0) is 13.6 Å². The Morgan fingerprint density at radius 1 is 1.33 bits per heavy atom. The van der Waals surface area contributed by atoms with Crippen molar-refractivity contribution in [2.24, 2.45) is 7.05 Å². The van der Waals surface area contributed by atoms with Gasteiger partial charge in [0.2, 0.25) is 0 Å². The average molecular weight is 285 g/mol. The van der Waals surface area contributed by atoms with Crippen molar-refractivity contribution in [3.63, 3.8) is 0 Å². The molecule has 2 aromatic rings. The molecule has 1 saturated heterocycles. The lowest BCUT2D eigenvalue weighted by Crippen LogP contribution is -2.31. The first-order chi connectivity index (χ1) is 10.2. The molecule has 21 heavy (non-hydrogen) atoms. The number of aryl methyl sites for hydroxylation is 1. The lowest BCUT2D eigenvalue weighted by molar-refractivity contribution is 0.116. The van der Waals surface area contributed by atoms with Crippen LogP contribution in [0.5, 0.6) is 0 Å². The molecule has 1 aromatic heterocycles. The first-order valence-electron chi connectivity index (χ1n) is 7.67. The largest absolute Gasteiger partial charge is 0.388 e. The van der Waals surface area contributed by atoms with Gasteiger partial charge in [-0.2, -0.15) is 0 Å². The molecular weight excluding hydrogens is 262 g/mol. The number of aliphatic hydroxyl groups excluding tert-OH is 1. The van der Waals surface area contributed by atoms with Crippen LogP contribution in [0.25, 0.3) is 0 Å². The van der Waals surface area contributed by atoms with E-state index in [2.05, 4.69) is 14.5 Å². The van der Waals surface area contributed by atoms with Crippen molar-refractivity contribution in [1.82, 2.24) is 14.5 Å². The molecule has 0 radical (unpaired) electrons. The van der Waals surface area contributed by atoms with E-state index < -0.39 is 0 Å². The fourth-order valence-electron chi connectivity index (χ4n) is 3.17. The predicted octanol–water partition coefficient (Wildman–Crippen LogP) is 2.51. The molecule has 3 rings (SSSR count). The van der Waals surface area contributed by atoms with Crippen molar-refractivity contribution in [1.29, 1.82) is 0 Å². The maximum Gasteiger partial charge on any atom is 0.122 e. The van der Waals surface area contributed by atoms with Crippen molar-refractivity contribution >= 4 is 0 Å². The minimum absolute atomic E-state index is 0.377. The maximum absolute atomic E-state index is 10.4. The summed E-state index contributed by atoms with van der Waals surface area (Å²) in [6.07, 6.45) is 6.62. The highest BCUT2D eigenvalue weighted by Crippen LogP contribution is 2.28. The monoisotopic (exact) mass is 285 g/mol. The third-order valence-corrected chi connectivity index (χ3v) is 4.44. The Morgan fingerprint density at radius 3 is 2.86 bits per heavy atom. The summed E-state index contributed by atoms with van der Waals surface area (Å²) < 4.78 is 2.07. The average Bonchev–Trinajstić information content (AvgIpc) is 3.11. The quantitative estimate of drug-likeness (QED) is 0.917. The molecule has 112 valence electrons. The summed E-state index contributed by atoms with van der Waals surface area (Å²) in [5, 5.41) is 10.4. The van der Waals surface area contributed by atoms with Crippen LogP contribution in [0, 0.1) is 0 Å². The van der Waals surface area contributed by atoms with Gasteiger partial charge >= 0.3 is 0 Å². The van der Waals surface area contributed by atoms with E-state index >= 15 is 0 Å². The van der Waals surface area contributed by atoms with Crippen LogP contribution < -0.4 is 0 Å². The third kappa shape index (κ3) is 3.34. The second-order valence-electron chi connectivity index (χ2n) is 5.88. The molecule has 4 heteroatoms. The Morgan fingerprint density at radius 2 is 2.14 bits per heavy atom. The van der Waals surface area contributed by atoms with Crippen LogP contribution >= 0.6 is 0 Å². The molecule has 2 unspecified atom stereocenters. The molecule has 0 amide bonds. The fourth-order valence-corrected chi connectivity index (χ4v) is 3.17. The molecule has 1 aliphatic rings. The zero-order valence-corrected chi connectivity index (χ0v) is 12.5. The molecule has 2 heterocycles. The number of hydrogen-bond donors (Lipinski definition) is 1. The molecule has 1 fully saturated rings. The Balaban J connectivity index is 1.63. The van der Waals surface area contributed by atoms with Gasteiger partial charge < -0.3 is 9.67 Å². The van der Waals surface area contributed by atoms with Gasteiger partial charge in [0, 0.05) is 25.5 Å².